The van der Waals surface area contributed by atoms with E-state index in [1.165, 1.54) is 21.2 Å². The van der Waals surface area contributed by atoms with Gasteiger partial charge in [0.05, 0.1) is 17.6 Å². The van der Waals surface area contributed by atoms with Gasteiger partial charge in [-0.1, -0.05) is 18.2 Å². The van der Waals surface area contributed by atoms with Crippen LogP contribution in [0.15, 0.2) is 47.4 Å². The van der Waals surface area contributed by atoms with Gasteiger partial charge in [-0.3, -0.25) is 4.79 Å². The van der Waals surface area contributed by atoms with Crippen molar-refractivity contribution in [2.75, 3.05) is 21.2 Å². The highest BCUT2D eigenvalue weighted by atomic mass is 32.2. The summed E-state index contributed by atoms with van der Waals surface area (Å²) >= 11 is 0. The Bertz CT molecular complexity index is 882. The molecule has 6 nitrogen and oxygen atoms in total. The van der Waals surface area contributed by atoms with Crippen molar-refractivity contribution < 1.29 is 22.3 Å². The molecule has 0 aromatic heterocycles. The molecule has 0 aliphatic carbocycles. The van der Waals surface area contributed by atoms with E-state index in [-0.39, 0.29) is 17.0 Å². The molecular formula is C17H19FN2O4S. The summed E-state index contributed by atoms with van der Waals surface area (Å²) in [5.74, 6) is -0.915. The minimum Gasteiger partial charge on any atom is -0.496 e. The second-order valence-electron chi connectivity index (χ2n) is 5.42. The van der Waals surface area contributed by atoms with E-state index in [0.717, 1.165) is 28.1 Å². The average molecular weight is 366 g/mol. The van der Waals surface area contributed by atoms with Gasteiger partial charge in [0, 0.05) is 26.2 Å². The molecule has 25 heavy (non-hydrogen) atoms. The lowest BCUT2D eigenvalue weighted by atomic mass is 10.1. The summed E-state index contributed by atoms with van der Waals surface area (Å²) in [5, 5.41) is 2.57. The van der Waals surface area contributed by atoms with Crippen LogP contribution in [0.1, 0.15) is 15.9 Å². The number of rotatable bonds is 6. The zero-order valence-corrected chi connectivity index (χ0v) is 14.9. The first-order valence-corrected chi connectivity index (χ1v) is 8.83. The molecule has 0 spiro atoms. The maximum atomic E-state index is 14.0. The van der Waals surface area contributed by atoms with Crippen LogP contribution in [0.25, 0.3) is 0 Å². The first-order chi connectivity index (χ1) is 11.8. The van der Waals surface area contributed by atoms with Crippen molar-refractivity contribution in [3.8, 4) is 5.75 Å². The Balaban J connectivity index is 2.25. The number of nitrogens with one attached hydrogen (secondary N) is 1. The smallest absolute Gasteiger partial charge is 0.254 e. The van der Waals surface area contributed by atoms with Gasteiger partial charge >= 0.3 is 0 Å². The zero-order valence-electron chi connectivity index (χ0n) is 14.1. The van der Waals surface area contributed by atoms with E-state index in [1.807, 2.05) is 0 Å². The van der Waals surface area contributed by atoms with Crippen molar-refractivity contribution in [2.24, 2.45) is 0 Å². The topological polar surface area (TPSA) is 75.7 Å². The van der Waals surface area contributed by atoms with Crippen molar-refractivity contribution in [3.05, 3.63) is 59.4 Å². The van der Waals surface area contributed by atoms with Gasteiger partial charge in [0.25, 0.3) is 5.91 Å². The number of hydrogen-bond acceptors (Lipinski definition) is 4. The Kier molecular flexibility index (Phi) is 5.76. The van der Waals surface area contributed by atoms with Crippen LogP contribution >= 0.6 is 0 Å². The van der Waals surface area contributed by atoms with Crippen molar-refractivity contribution in [3.63, 3.8) is 0 Å². The molecule has 0 fully saturated rings. The number of amides is 1. The predicted octanol–water partition coefficient (Wildman–Crippen LogP) is 2.01. The van der Waals surface area contributed by atoms with Crippen LogP contribution in [0.5, 0.6) is 5.75 Å². The largest absolute Gasteiger partial charge is 0.496 e. The second kappa shape index (κ2) is 7.62. The highest BCUT2D eigenvalue weighted by molar-refractivity contribution is 7.89. The molecule has 0 atom stereocenters. The molecule has 1 N–H and O–H groups in total. The third-order valence-electron chi connectivity index (χ3n) is 3.59. The van der Waals surface area contributed by atoms with Crippen LogP contribution in [-0.2, 0) is 16.6 Å². The molecule has 2 aromatic carbocycles. The normalized spacial score (nSPS) is 11.4. The lowest BCUT2D eigenvalue weighted by Crippen LogP contribution is -2.26. The molecule has 8 heteroatoms. The Hall–Kier alpha value is -2.45. The van der Waals surface area contributed by atoms with Gasteiger partial charge in [0.1, 0.15) is 11.6 Å². The van der Waals surface area contributed by atoms with E-state index in [2.05, 4.69) is 5.32 Å². The Labute approximate surface area is 146 Å². The molecule has 2 aromatic rings. The van der Waals surface area contributed by atoms with Crippen LogP contribution < -0.4 is 10.1 Å². The van der Waals surface area contributed by atoms with Crippen LogP contribution in [0.4, 0.5) is 4.39 Å². The Morgan fingerprint density at radius 2 is 1.88 bits per heavy atom. The molecule has 0 bridgehead atoms. The zero-order chi connectivity index (χ0) is 18.6. The van der Waals surface area contributed by atoms with Gasteiger partial charge in [-0.05, 0) is 24.3 Å². The summed E-state index contributed by atoms with van der Waals surface area (Å²) in [6.45, 7) is 0.118. The van der Waals surface area contributed by atoms with Gasteiger partial charge in [0.2, 0.25) is 10.0 Å². The number of para-hydroxylation sites is 1. The first-order valence-electron chi connectivity index (χ1n) is 7.39. The summed E-state index contributed by atoms with van der Waals surface area (Å²) in [5.41, 5.74) is 0.383. The molecule has 0 heterocycles. The molecule has 0 aliphatic heterocycles. The van der Waals surface area contributed by atoms with E-state index >= 15 is 0 Å². The Morgan fingerprint density at radius 1 is 1.20 bits per heavy atom. The summed E-state index contributed by atoms with van der Waals surface area (Å²) in [4.78, 5) is 12.1. The third kappa shape index (κ3) is 4.15. The van der Waals surface area contributed by atoms with E-state index in [9.17, 15) is 17.6 Å². The van der Waals surface area contributed by atoms with Crippen LogP contribution in [0.2, 0.25) is 0 Å². The lowest BCUT2D eigenvalue weighted by molar-refractivity contribution is 0.0946. The Morgan fingerprint density at radius 3 is 2.52 bits per heavy atom. The SMILES string of the molecule is COc1ccccc1CNC(=O)c1cc(S(=O)(=O)N(C)C)ccc1F. The number of benzene rings is 2. The molecule has 0 saturated carbocycles. The second-order valence-corrected chi connectivity index (χ2v) is 7.58. The summed E-state index contributed by atoms with van der Waals surface area (Å²) in [6, 6.07) is 10.2. The van der Waals surface area contributed by atoms with Gasteiger partial charge in [-0.15, -0.1) is 0 Å². The summed E-state index contributed by atoms with van der Waals surface area (Å²) in [7, 11) is 0.471. The van der Waals surface area contributed by atoms with E-state index in [0.29, 0.717) is 5.75 Å². The maximum absolute atomic E-state index is 14.0. The van der Waals surface area contributed by atoms with Crippen molar-refractivity contribution in [1.82, 2.24) is 9.62 Å². The fourth-order valence-corrected chi connectivity index (χ4v) is 3.10. The quantitative estimate of drug-likeness (QED) is 0.849. The fourth-order valence-electron chi connectivity index (χ4n) is 2.17. The van der Waals surface area contributed by atoms with Crippen LogP contribution in [-0.4, -0.2) is 39.8 Å². The van der Waals surface area contributed by atoms with Gasteiger partial charge < -0.3 is 10.1 Å². The molecule has 0 radical (unpaired) electrons. The number of halogens is 1. The molecular weight excluding hydrogens is 347 g/mol. The number of methoxy groups -OCH3 is 1. The van der Waals surface area contributed by atoms with Gasteiger partial charge in [-0.25, -0.2) is 17.1 Å². The number of sulfonamides is 1. The number of hydrogen-bond donors (Lipinski definition) is 1. The lowest BCUT2D eigenvalue weighted by Gasteiger charge is -2.13. The molecule has 2 rings (SSSR count). The molecule has 0 unspecified atom stereocenters. The maximum Gasteiger partial charge on any atom is 0.254 e. The van der Waals surface area contributed by atoms with E-state index < -0.39 is 21.7 Å². The number of ether oxygens (including phenoxy) is 1. The number of carbonyl (C=O) groups is 1. The summed E-state index contributed by atoms with van der Waals surface area (Å²) in [6.07, 6.45) is 0. The highest BCUT2D eigenvalue weighted by Crippen LogP contribution is 2.19. The number of carbonyl (C=O) groups excluding carboxylic acids is 1. The highest BCUT2D eigenvalue weighted by Gasteiger charge is 2.21. The van der Waals surface area contributed by atoms with Crippen LogP contribution in [0.3, 0.4) is 0 Å². The molecule has 0 saturated heterocycles. The van der Waals surface area contributed by atoms with Crippen LogP contribution in [0, 0.1) is 5.82 Å². The predicted molar refractivity (Wildman–Crippen MR) is 91.4 cm³/mol. The minimum absolute atomic E-state index is 0.118. The van der Waals surface area contributed by atoms with Crippen molar-refractivity contribution >= 4 is 15.9 Å². The van der Waals surface area contributed by atoms with Crippen molar-refractivity contribution in [2.45, 2.75) is 11.4 Å². The average Bonchev–Trinajstić information content (AvgIpc) is 2.59. The van der Waals surface area contributed by atoms with Gasteiger partial charge in [0.15, 0.2) is 0 Å². The number of nitrogens with zero attached hydrogens (tertiary/aromatic N) is 1. The molecule has 134 valence electrons. The van der Waals surface area contributed by atoms with Gasteiger partial charge in [-0.2, -0.15) is 0 Å². The van der Waals surface area contributed by atoms with E-state index in [4.69, 9.17) is 4.74 Å². The van der Waals surface area contributed by atoms with Crippen molar-refractivity contribution in [1.29, 1.82) is 0 Å². The molecule has 1 amide bonds. The standard InChI is InChI=1S/C17H19FN2O4S/c1-20(2)25(22,23)13-8-9-15(18)14(10-13)17(21)19-11-12-6-4-5-7-16(12)24-3/h4-10H,11H2,1-3H3,(H,19,21). The molecule has 0 aliphatic rings. The first kappa shape index (κ1) is 18.9. The summed E-state index contributed by atoms with van der Waals surface area (Å²) < 4.78 is 44.4. The minimum atomic E-state index is -3.76. The fraction of sp³-hybridized carbons (Fsp3) is 0.235. The monoisotopic (exact) mass is 366 g/mol. The third-order valence-corrected chi connectivity index (χ3v) is 5.40. The van der Waals surface area contributed by atoms with E-state index in [1.54, 1.807) is 24.3 Å².